The largest absolute Gasteiger partial charge is 0.417 e. The van der Waals surface area contributed by atoms with Gasteiger partial charge in [0.25, 0.3) is 0 Å². The molecule has 0 radical (unpaired) electrons. The first-order valence-electron chi connectivity index (χ1n) is 9.66. The summed E-state index contributed by atoms with van der Waals surface area (Å²) in [5.41, 5.74) is 0. The van der Waals surface area contributed by atoms with E-state index in [9.17, 15) is 0 Å². The van der Waals surface area contributed by atoms with Crippen molar-refractivity contribution in [3.8, 4) is 0 Å². The van der Waals surface area contributed by atoms with Crippen molar-refractivity contribution < 1.29 is 4.43 Å². The summed E-state index contributed by atoms with van der Waals surface area (Å²) >= 11 is 0. The van der Waals surface area contributed by atoms with Crippen LogP contribution in [0.15, 0.2) is 0 Å². The molecule has 1 nitrogen and oxygen atoms in total. The van der Waals surface area contributed by atoms with E-state index in [0.717, 1.165) is 6.61 Å². The summed E-state index contributed by atoms with van der Waals surface area (Å²) in [7, 11) is -2.51. The van der Waals surface area contributed by atoms with E-state index >= 15 is 0 Å². The third kappa shape index (κ3) is 10.2. The molecule has 0 aromatic heterocycles. The Labute approximate surface area is 143 Å². The summed E-state index contributed by atoms with van der Waals surface area (Å²) in [6.45, 7) is 20.2. The van der Waals surface area contributed by atoms with E-state index in [1.807, 2.05) is 0 Å². The van der Waals surface area contributed by atoms with Crippen LogP contribution < -0.4 is 0 Å². The molecule has 0 amide bonds. The molecular weight excluding hydrogens is 300 g/mol. The SMILES string of the molecule is CCCCCCCC[Si](C)(C)CCCO[Si](C)(C)C(C)(C)C. The molecule has 0 N–H and O–H groups in total. The highest BCUT2D eigenvalue weighted by Crippen LogP contribution is 2.36. The van der Waals surface area contributed by atoms with E-state index in [-0.39, 0.29) is 0 Å². The van der Waals surface area contributed by atoms with Gasteiger partial charge < -0.3 is 4.43 Å². The zero-order chi connectivity index (χ0) is 17.3. The summed E-state index contributed by atoms with van der Waals surface area (Å²) in [5, 5.41) is 0.346. The number of unbranched alkanes of at least 4 members (excludes halogenated alkanes) is 5. The zero-order valence-corrected chi connectivity index (χ0v) is 19.0. The van der Waals surface area contributed by atoms with Gasteiger partial charge in [-0.15, -0.1) is 0 Å². The van der Waals surface area contributed by atoms with Crippen molar-refractivity contribution in [1.82, 2.24) is 0 Å². The standard InChI is InChI=1S/C19H44OSi2/c1-9-10-11-12-13-14-17-21(5,6)18-15-16-20-22(7,8)19(2,3)4/h9-18H2,1-8H3. The van der Waals surface area contributed by atoms with E-state index in [1.54, 1.807) is 0 Å². The summed E-state index contributed by atoms with van der Waals surface area (Å²) in [6, 6.07) is 2.95. The predicted octanol–water partition coefficient (Wildman–Crippen LogP) is 7.47. The Morgan fingerprint density at radius 3 is 1.77 bits per heavy atom. The molecule has 0 saturated carbocycles. The maximum absolute atomic E-state index is 6.32. The number of hydrogen-bond donors (Lipinski definition) is 0. The Morgan fingerprint density at radius 1 is 0.727 bits per heavy atom. The van der Waals surface area contributed by atoms with E-state index in [4.69, 9.17) is 4.43 Å². The zero-order valence-electron chi connectivity index (χ0n) is 17.0. The molecule has 0 atom stereocenters. The first kappa shape index (κ1) is 22.4. The van der Waals surface area contributed by atoms with Crippen LogP contribution in [-0.2, 0) is 4.43 Å². The van der Waals surface area contributed by atoms with Crippen molar-refractivity contribution in [2.75, 3.05) is 6.61 Å². The first-order valence-corrected chi connectivity index (χ1v) is 16.0. The molecule has 0 bridgehead atoms. The van der Waals surface area contributed by atoms with Crippen LogP contribution in [0.3, 0.4) is 0 Å². The highest BCUT2D eigenvalue weighted by molar-refractivity contribution is 6.77. The Bertz CT molecular complexity index is 280. The fraction of sp³-hybridized carbons (Fsp3) is 1.00. The molecule has 22 heavy (non-hydrogen) atoms. The third-order valence-electron chi connectivity index (χ3n) is 5.47. The average Bonchev–Trinajstić information content (AvgIpc) is 2.37. The van der Waals surface area contributed by atoms with Crippen molar-refractivity contribution in [2.45, 2.75) is 116 Å². The lowest BCUT2D eigenvalue weighted by molar-refractivity contribution is 0.287. The molecule has 0 heterocycles. The summed E-state index contributed by atoms with van der Waals surface area (Å²) in [5.74, 6) is 0. The fourth-order valence-electron chi connectivity index (χ4n) is 2.60. The fourth-order valence-corrected chi connectivity index (χ4v) is 6.25. The second-order valence-corrected chi connectivity index (χ2v) is 19.5. The molecule has 0 rings (SSSR count). The molecular formula is C19H44OSi2. The van der Waals surface area contributed by atoms with Gasteiger partial charge in [0, 0.05) is 14.7 Å². The third-order valence-corrected chi connectivity index (χ3v) is 13.4. The van der Waals surface area contributed by atoms with Gasteiger partial charge in [-0.1, -0.05) is 91.4 Å². The van der Waals surface area contributed by atoms with Gasteiger partial charge >= 0.3 is 0 Å². The molecule has 0 aromatic carbocycles. The van der Waals surface area contributed by atoms with E-state index < -0.39 is 16.4 Å². The maximum atomic E-state index is 6.32. The Hall–Kier alpha value is 0.394. The molecule has 0 unspecified atom stereocenters. The van der Waals surface area contributed by atoms with Crippen LogP contribution in [0.5, 0.6) is 0 Å². The molecule has 0 fully saturated rings. The lowest BCUT2D eigenvalue weighted by atomic mass is 10.1. The summed E-state index contributed by atoms with van der Waals surface area (Å²) in [6.07, 6.45) is 9.87. The van der Waals surface area contributed by atoms with Gasteiger partial charge in [-0.25, -0.2) is 0 Å². The van der Waals surface area contributed by atoms with Crippen LogP contribution in [0.25, 0.3) is 0 Å². The van der Waals surface area contributed by atoms with Crippen LogP contribution in [-0.4, -0.2) is 23.0 Å². The molecule has 0 aliphatic carbocycles. The minimum Gasteiger partial charge on any atom is -0.417 e. The molecule has 134 valence electrons. The molecule has 0 aliphatic rings. The number of hydrogen-bond acceptors (Lipinski definition) is 1. The highest BCUT2D eigenvalue weighted by atomic mass is 28.4. The lowest BCUT2D eigenvalue weighted by Crippen LogP contribution is -2.41. The van der Waals surface area contributed by atoms with Gasteiger partial charge in [0.05, 0.1) is 0 Å². The monoisotopic (exact) mass is 344 g/mol. The second-order valence-electron chi connectivity index (χ2n) is 9.39. The Kier molecular flexibility index (Phi) is 10.5. The quantitative estimate of drug-likeness (QED) is 0.263. The van der Waals surface area contributed by atoms with Gasteiger partial charge in [0.15, 0.2) is 8.32 Å². The van der Waals surface area contributed by atoms with Crippen molar-refractivity contribution in [1.29, 1.82) is 0 Å². The van der Waals surface area contributed by atoms with Crippen molar-refractivity contribution in [3.63, 3.8) is 0 Å². The van der Waals surface area contributed by atoms with Crippen molar-refractivity contribution in [3.05, 3.63) is 0 Å². The molecule has 0 spiro atoms. The van der Waals surface area contributed by atoms with Gasteiger partial charge in [-0.05, 0) is 24.6 Å². The highest BCUT2D eigenvalue weighted by Gasteiger charge is 2.36. The topological polar surface area (TPSA) is 9.23 Å². The van der Waals surface area contributed by atoms with Crippen LogP contribution in [0.2, 0.25) is 43.3 Å². The van der Waals surface area contributed by atoms with Crippen LogP contribution in [0, 0.1) is 0 Å². The molecule has 3 heteroatoms. The predicted molar refractivity (Wildman–Crippen MR) is 108 cm³/mol. The second kappa shape index (κ2) is 10.3. The average molecular weight is 345 g/mol. The Balaban J connectivity index is 3.80. The smallest absolute Gasteiger partial charge is 0.191 e. The van der Waals surface area contributed by atoms with Gasteiger partial charge in [0.1, 0.15) is 0 Å². The van der Waals surface area contributed by atoms with Crippen LogP contribution >= 0.6 is 0 Å². The molecule has 0 saturated heterocycles. The minimum absolute atomic E-state index is 0.346. The summed E-state index contributed by atoms with van der Waals surface area (Å²) < 4.78 is 6.32. The first-order chi connectivity index (χ1) is 10.0. The van der Waals surface area contributed by atoms with E-state index in [0.29, 0.717) is 5.04 Å². The molecule has 0 aromatic rings. The lowest BCUT2D eigenvalue weighted by Gasteiger charge is -2.36. The maximum Gasteiger partial charge on any atom is 0.191 e. The Morgan fingerprint density at radius 2 is 1.23 bits per heavy atom. The van der Waals surface area contributed by atoms with Crippen LogP contribution in [0.1, 0.15) is 72.6 Å². The normalized spacial score (nSPS) is 13.6. The van der Waals surface area contributed by atoms with Gasteiger partial charge in [-0.2, -0.15) is 0 Å². The number of rotatable bonds is 12. The van der Waals surface area contributed by atoms with Gasteiger partial charge in [0.2, 0.25) is 0 Å². The van der Waals surface area contributed by atoms with E-state index in [1.165, 1.54) is 57.0 Å². The van der Waals surface area contributed by atoms with E-state index in [2.05, 4.69) is 53.9 Å². The van der Waals surface area contributed by atoms with Crippen LogP contribution in [0.4, 0.5) is 0 Å². The van der Waals surface area contributed by atoms with Crippen molar-refractivity contribution in [2.24, 2.45) is 0 Å². The van der Waals surface area contributed by atoms with Crippen molar-refractivity contribution >= 4 is 16.4 Å². The summed E-state index contributed by atoms with van der Waals surface area (Å²) in [4.78, 5) is 0. The minimum atomic E-state index is -1.53. The van der Waals surface area contributed by atoms with Gasteiger partial charge in [-0.3, -0.25) is 0 Å². The molecule has 0 aliphatic heterocycles.